The smallest absolute Gasteiger partial charge is 0.298 e. The summed E-state index contributed by atoms with van der Waals surface area (Å²) < 4.78 is 51.4. The predicted molar refractivity (Wildman–Crippen MR) is 65.7 cm³/mol. The molecule has 0 spiro atoms. The third kappa shape index (κ3) is 3.21. The Morgan fingerprint density at radius 2 is 1.89 bits per heavy atom. The standard InChI is InChI=1S/C13H22F4N2/c1-9(2)11-7-18-5-3-4-10(18)6-19(11)8-13(16,17)12(14)15/h9-12H,3-8H2,1-2H3. The Hall–Kier alpha value is -0.360. The van der Waals surface area contributed by atoms with Gasteiger partial charge in [0.25, 0.3) is 0 Å². The Morgan fingerprint density at radius 1 is 1.21 bits per heavy atom. The molecule has 0 aliphatic carbocycles. The Kier molecular flexibility index (Phi) is 4.40. The van der Waals surface area contributed by atoms with E-state index in [-0.39, 0.29) is 18.0 Å². The fraction of sp³-hybridized carbons (Fsp3) is 1.00. The Morgan fingerprint density at radius 3 is 2.47 bits per heavy atom. The van der Waals surface area contributed by atoms with Crippen LogP contribution < -0.4 is 0 Å². The van der Waals surface area contributed by atoms with Gasteiger partial charge >= 0.3 is 12.3 Å². The Labute approximate surface area is 111 Å². The van der Waals surface area contributed by atoms with Crippen molar-refractivity contribution in [1.82, 2.24) is 9.80 Å². The van der Waals surface area contributed by atoms with Gasteiger partial charge in [0.05, 0.1) is 6.54 Å². The van der Waals surface area contributed by atoms with Crippen LogP contribution in [0.1, 0.15) is 26.7 Å². The van der Waals surface area contributed by atoms with Crippen molar-refractivity contribution in [3.63, 3.8) is 0 Å². The number of rotatable bonds is 4. The van der Waals surface area contributed by atoms with Gasteiger partial charge in [-0.05, 0) is 25.3 Å². The molecule has 2 atom stereocenters. The zero-order valence-corrected chi connectivity index (χ0v) is 11.5. The lowest BCUT2D eigenvalue weighted by Crippen LogP contribution is -2.60. The third-order valence-corrected chi connectivity index (χ3v) is 4.34. The maximum absolute atomic E-state index is 13.3. The molecule has 2 saturated heterocycles. The molecular formula is C13H22F4N2. The van der Waals surface area contributed by atoms with Crippen LogP contribution in [0.3, 0.4) is 0 Å². The molecule has 0 radical (unpaired) electrons. The molecule has 2 unspecified atom stereocenters. The zero-order valence-electron chi connectivity index (χ0n) is 11.5. The van der Waals surface area contributed by atoms with Gasteiger partial charge in [-0.2, -0.15) is 8.78 Å². The van der Waals surface area contributed by atoms with Gasteiger partial charge in [-0.25, -0.2) is 8.78 Å². The van der Waals surface area contributed by atoms with Crippen molar-refractivity contribution >= 4 is 0 Å². The highest BCUT2D eigenvalue weighted by molar-refractivity contribution is 4.95. The van der Waals surface area contributed by atoms with E-state index in [1.807, 2.05) is 13.8 Å². The fourth-order valence-electron chi connectivity index (χ4n) is 3.26. The number of halogens is 4. The van der Waals surface area contributed by atoms with Crippen LogP contribution >= 0.6 is 0 Å². The number of piperazine rings is 1. The number of hydrogen-bond acceptors (Lipinski definition) is 2. The van der Waals surface area contributed by atoms with E-state index in [1.165, 1.54) is 0 Å². The van der Waals surface area contributed by atoms with E-state index in [1.54, 1.807) is 4.90 Å². The SMILES string of the molecule is CC(C)C1CN2CCCC2CN1CC(F)(F)C(F)F. The van der Waals surface area contributed by atoms with Gasteiger partial charge in [0.1, 0.15) is 0 Å². The second-order valence-electron chi connectivity index (χ2n) is 6.09. The minimum atomic E-state index is -3.91. The molecule has 0 aromatic carbocycles. The lowest BCUT2D eigenvalue weighted by atomic mass is 9.97. The average molecular weight is 282 g/mol. The zero-order chi connectivity index (χ0) is 14.2. The quantitative estimate of drug-likeness (QED) is 0.732. The van der Waals surface area contributed by atoms with E-state index in [2.05, 4.69) is 4.90 Å². The molecule has 2 aliphatic rings. The lowest BCUT2D eigenvalue weighted by molar-refractivity contribution is -0.154. The van der Waals surface area contributed by atoms with E-state index in [0.717, 1.165) is 25.9 Å². The van der Waals surface area contributed by atoms with E-state index in [9.17, 15) is 17.6 Å². The van der Waals surface area contributed by atoms with Crippen molar-refractivity contribution in [2.24, 2.45) is 5.92 Å². The van der Waals surface area contributed by atoms with Crippen molar-refractivity contribution < 1.29 is 17.6 Å². The van der Waals surface area contributed by atoms with Gasteiger partial charge in [0.15, 0.2) is 0 Å². The molecule has 0 aromatic heterocycles. The van der Waals surface area contributed by atoms with E-state index in [0.29, 0.717) is 6.54 Å². The maximum Gasteiger partial charge on any atom is 0.319 e. The molecule has 6 heteroatoms. The minimum absolute atomic E-state index is 0.0565. The van der Waals surface area contributed by atoms with Crippen LogP contribution in [0.4, 0.5) is 17.6 Å². The van der Waals surface area contributed by atoms with Crippen LogP contribution in [0.2, 0.25) is 0 Å². The minimum Gasteiger partial charge on any atom is -0.298 e. The first-order valence-corrected chi connectivity index (χ1v) is 6.95. The third-order valence-electron chi connectivity index (χ3n) is 4.34. The highest BCUT2D eigenvalue weighted by atomic mass is 19.3. The molecule has 2 rings (SSSR count). The van der Waals surface area contributed by atoms with Crippen molar-refractivity contribution in [3.05, 3.63) is 0 Å². The molecule has 0 N–H and O–H groups in total. The van der Waals surface area contributed by atoms with Crippen molar-refractivity contribution in [1.29, 1.82) is 0 Å². The molecule has 2 nitrogen and oxygen atoms in total. The maximum atomic E-state index is 13.3. The van der Waals surface area contributed by atoms with E-state index < -0.39 is 18.9 Å². The summed E-state index contributed by atoms with van der Waals surface area (Å²) in [4.78, 5) is 3.91. The fourth-order valence-corrected chi connectivity index (χ4v) is 3.26. The molecule has 0 amide bonds. The number of fused-ring (bicyclic) bond motifs is 1. The van der Waals surface area contributed by atoms with Crippen molar-refractivity contribution in [3.8, 4) is 0 Å². The second-order valence-corrected chi connectivity index (χ2v) is 6.09. The van der Waals surface area contributed by atoms with Gasteiger partial charge in [-0.1, -0.05) is 13.8 Å². The normalized spacial score (nSPS) is 30.3. The number of hydrogen-bond donors (Lipinski definition) is 0. The summed E-state index contributed by atoms with van der Waals surface area (Å²) in [5.74, 6) is -3.72. The molecule has 112 valence electrons. The first-order chi connectivity index (χ1) is 8.81. The van der Waals surface area contributed by atoms with Crippen LogP contribution in [-0.4, -0.2) is 60.4 Å². The summed E-state index contributed by atoms with van der Waals surface area (Å²) >= 11 is 0. The highest BCUT2D eigenvalue weighted by Crippen LogP contribution is 2.31. The van der Waals surface area contributed by atoms with Gasteiger partial charge in [0, 0.05) is 25.2 Å². The summed E-state index contributed by atoms with van der Waals surface area (Å²) in [5, 5.41) is 0. The molecule has 2 heterocycles. The molecule has 19 heavy (non-hydrogen) atoms. The Balaban J connectivity index is 2.07. The van der Waals surface area contributed by atoms with Crippen molar-refractivity contribution in [2.75, 3.05) is 26.2 Å². The summed E-state index contributed by atoms with van der Waals surface area (Å²) in [6.07, 6.45) is -1.52. The molecule has 0 bridgehead atoms. The molecule has 0 aromatic rings. The Bertz CT molecular complexity index is 309. The van der Waals surface area contributed by atoms with Gasteiger partial charge in [0.2, 0.25) is 0 Å². The van der Waals surface area contributed by atoms with Crippen molar-refractivity contribution in [2.45, 2.75) is 51.1 Å². The molecule has 2 fully saturated rings. The van der Waals surface area contributed by atoms with Gasteiger partial charge < -0.3 is 0 Å². The summed E-state index contributed by atoms with van der Waals surface area (Å²) in [7, 11) is 0. The van der Waals surface area contributed by atoms with Crippen LogP contribution in [-0.2, 0) is 0 Å². The molecule has 2 aliphatic heterocycles. The lowest BCUT2D eigenvalue weighted by Gasteiger charge is -2.46. The van der Waals surface area contributed by atoms with Crippen LogP contribution in [0.15, 0.2) is 0 Å². The summed E-state index contributed by atoms with van der Waals surface area (Å²) in [6.45, 7) is 5.33. The molecular weight excluding hydrogens is 260 g/mol. The monoisotopic (exact) mass is 282 g/mol. The number of nitrogens with zero attached hydrogens (tertiary/aromatic N) is 2. The molecule has 0 saturated carbocycles. The van der Waals surface area contributed by atoms with Gasteiger partial charge in [-0.3, -0.25) is 9.80 Å². The van der Waals surface area contributed by atoms with E-state index in [4.69, 9.17) is 0 Å². The summed E-state index contributed by atoms with van der Waals surface area (Å²) in [5.41, 5.74) is 0. The second kappa shape index (κ2) is 5.56. The topological polar surface area (TPSA) is 6.48 Å². The highest BCUT2D eigenvalue weighted by Gasteiger charge is 2.46. The average Bonchev–Trinajstić information content (AvgIpc) is 2.73. The number of alkyl halides is 4. The first kappa shape index (κ1) is 15.0. The van der Waals surface area contributed by atoms with Crippen LogP contribution in [0, 0.1) is 5.92 Å². The summed E-state index contributed by atoms with van der Waals surface area (Å²) in [6, 6.07) is 0.211. The largest absolute Gasteiger partial charge is 0.319 e. The van der Waals surface area contributed by atoms with Gasteiger partial charge in [-0.15, -0.1) is 0 Å². The van der Waals surface area contributed by atoms with Crippen LogP contribution in [0.25, 0.3) is 0 Å². The predicted octanol–water partition coefficient (Wildman–Crippen LogP) is 2.69. The van der Waals surface area contributed by atoms with Crippen LogP contribution in [0.5, 0.6) is 0 Å². The first-order valence-electron chi connectivity index (χ1n) is 6.95. The van der Waals surface area contributed by atoms with E-state index >= 15 is 0 Å².